The van der Waals surface area contributed by atoms with Gasteiger partial charge >= 0.3 is 0 Å². The number of likely N-dealkylation sites (N-methyl/N-ethyl adjacent to an activating group) is 1. The third kappa shape index (κ3) is 1.98. The van der Waals surface area contributed by atoms with Crippen LogP contribution in [0.5, 0.6) is 0 Å². The third-order valence-corrected chi connectivity index (χ3v) is 2.41. The Balaban J connectivity index is 2.06. The fraction of sp³-hybridized carbons (Fsp3) is 0.444. The number of likely N-dealkylation sites (tertiary alicyclic amines) is 1. The molecule has 1 aliphatic heterocycles. The Morgan fingerprint density at radius 2 is 2.47 bits per heavy atom. The predicted molar refractivity (Wildman–Crippen MR) is 56.1 cm³/mol. The van der Waals surface area contributed by atoms with Gasteiger partial charge in [0.25, 0.3) is 0 Å². The number of carbonyl (C=O) groups is 1. The van der Waals surface area contributed by atoms with E-state index < -0.39 is 0 Å². The van der Waals surface area contributed by atoms with Gasteiger partial charge in [0.15, 0.2) is 0 Å². The molecule has 1 aromatic rings. The van der Waals surface area contributed by atoms with Crippen LogP contribution in [-0.4, -0.2) is 40.4 Å². The number of nitrogens with one attached hydrogen (secondary N) is 1. The molecular weight excluding hydrogens is 194 g/mol. The first-order valence-electron chi connectivity index (χ1n) is 4.77. The number of rotatable bonds is 2. The van der Waals surface area contributed by atoms with Gasteiger partial charge in [0.1, 0.15) is 11.9 Å². The molecule has 1 aliphatic rings. The highest BCUT2D eigenvalue weighted by atomic mass is 16.2. The average molecular weight is 207 g/mol. The quantitative estimate of drug-likeness (QED) is 0.695. The molecule has 2 heterocycles. The lowest BCUT2D eigenvalue weighted by Crippen LogP contribution is -2.31. The van der Waals surface area contributed by atoms with E-state index in [2.05, 4.69) is 15.3 Å². The molecule has 0 aliphatic carbocycles. The largest absolute Gasteiger partial charge is 0.384 e. The lowest BCUT2D eigenvalue weighted by atomic mass is 10.2. The van der Waals surface area contributed by atoms with Gasteiger partial charge in [0, 0.05) is 19.8 Å². The Kier molecular flexibility index (Phi) is 2.40. The van der Waals surface area contributed by atoms with Crippen LogP contribution in [0.2, 0.25) is 0 Å². The van der Waals surface area contributed by atoms with Crippen LogP contribution >= 0.6 is 0 Å². The fourth-order valence-electron chi connectivity index (χ4n) is 1.55. The minimum absolute atomic E-state index is 0.0704. The van der Waals surface area contributed by atoms with Crippen molar-refractivity contribution in [2.45, 2.75) is 12.5 Å². The molecule has 0 radical (unpaired) electrons. The number of nitrogen functional groups attached to an aromatic ring is 1. The maximum atomic E-state index is 11.6. The SMILES string of the molecule is CN1CCC(Nc2nccc(N)n2)C1=O. The molecule has 0 aromatic carbocycles. The summed E-state index contributed by atoms with van der Waals surface area (Å²) in [5.74, 6) is 0.871. The number of hydrogen-bond donors (Lipinski definition) is 2. The van der Waals surface area contributed by atoms with Crippen molar-refractivity contribution in [3.63, 3.8) is 0 Å². The third-order valence-electron chi connectivity index (χ3n) is 2.41. The van der Waals surface area contributed by atoms with Crippen LogP contribution in [-0.2, 0) is 4.79 Å². The number of nitrogens with zero attached hydrogens (tertiary/aromatic N) is 3. The molecule has 2 rings (SSSR count). The van der Waals surface area contributed by atoms with Gasteiger partial charge in [0.2, 0.25) is 11.9 Å². The van der Waals surface area contributed by atoms with Crippen molar-refractivity contribution in [2.24, 2.45) is 0 Å². The van der Waals surface area contributed by atoms with Crippen molar-refractivity contribution < 1.29 is 4.79 Å². The molecule has 1 amide bonds. The van der Waals surface area contributed by atoms with Gasteiger partial charge < -0.3 is 16.0 Å². The van der Waals surface area contributed by atoms with E-state index in [9.17, 15) is 4.79 Å². The van der Waals surface area contributed by atoms with Gasteiger partial charge in [-0.3, -0.25) is 4.79 Å². The maximum Gasteiger partial charge on any atom is 0.244 e. The Morgan fingerprint density at radius 1 is 1.67 bits per heavy atom. The molecule has 1 fully saturated rings. The molecule has 1 atom stereocenters. The summed E-state index contributed by atoms with van der Waals surface area (Å²) in [6, 6.07) is 1.38. The standard InChI is InChI=1S/C9H13N5O/c1-14-5-3-6(8(14)15)12-9-11-4-2-7(10)13-9/h2,4,6H,3,5H2,1H3,(H3,10,11,12,13). The molecular formula is C9H13N5O. The Bertz CT molecular complexity index is 381. The molecule has 0 saturated carbocycles. The highest BCUT2D eigenvalue weighted by molar-refractivity contribution is 5.86. The number of anilines is 2. The van der Waals surface area contributed by atoms with Crippen molar-refractivity contribution in [2.75, 3.05) is 24.6 Å². The van der Waals surface area contributed by atoms with E-state index in [1.807, 2.05) is 0 Å². The first kappa shape index (κ1) is 9.70. The number of hydrogen-bond acceptors (Lipinski definition) is 5. The zero-order valence-electron chi connectivity index (χ0n) is 8.47. The highest BCUT2D eigenvalue weighted by Crippen LogP contribution is 2.13. The van der Waals surface area contributed by atoms with E-state index in [0.29, 0.717) is 11.8 Å². The second-order valence-electron chi connectivity index (χ2n) is 3.55. The van der Waals surface area contributed by atoms with Crippen molar-refractivity contribution >= 4 is 17.7 Å². The summed E-state index contributed by atoms with van der Waals surface area (Å²) in [4.78, 5) is 21.2. The van der Waals surface area contributed by atoms with Crippen LogP contribution in [0.3, 0.4) is 0 Å². The van der Waals surface area contributed by atoms with E-state index in [-0.39, 0.29) is 11.9 Å². The topological polar surface area (TPSA) is 84.1 Å². The van der Waals surface area contributed by atoms with Gasteiger partial charge in [-0.05, 0) is 12.5 Å². The first-order valence-corrected chi connectivity index (χ1v) is 4.77. The molecule has 15 heavy (non-hydrogen) atoms. The summed E-state index contributed by atoms with van der Waals surface area (Å²) < 4.78 is 0. The summed E-state index contributed by atoms with van der Waals surface area (Å²) in [7, 11) is 1.78. The first-order chi connectivity index (χ1) is 7.16. The maximum absolute atomic E-state index is 11.6. The van der Waals surface area contributed by atoms with Crippen molar-refractivity contribution in [1.82, 2.24) is 14.9 Å². The van der Waals surface area contributed by atoms with Gasteiger partial charge in [-0.1, -0.05) is 0 Å². The van der Waals surface area contributed by atoms with Crippen LogP contribution in [0.15, 0.2) is 12.3 Å². The minimum Gasteiger partial charge on any atom is -0.384 e. The minimum atomic E-state index is -0.225. The Labute approximate surface area is 87.5 Å². The zero-order chi connectivity index (χ0) is 10.8. The van der Waals surface area contributed by atoms with Gasteiger partial charge in [0.05, 0.1) is 0 Å². The average Bonchev–Trinajstić information content (AvgIpc) is 2.50. The second-order valence-corrected chi connectivity index (χ2v) is 3.55. The van der Waals surface area contributed by atoms with E-state index in [1.54, 1.807) is 24.2 Å². The summed E-state index contributed by atoms with van der Waals surface area (Å²) in [6.07, 6.45) is 2.33. The summed E-state index contributed by atoms with van der Waals surface area (Å²) in [6.45, 7) is 0.763. The van der Waals surface area contributed by atoms with Gasteiger partial charge in [-0.2, -0.15) is 4.98 Å². The summed E-state index contributed by atoms with van der Waals surface area (Å²) in [5.41, 5.74) is 5.51. The molecule has 1 unspecified atom stereocenters. The normalized spacial score (nSPS) is 20.7. The monoisotopic (exact) mass is 207 g/mol. The van der Waals surface area contributed by atoms with Crippen molar-refractivity contribution in [1.29, 1.82) is 0 Å². The van der Waals surface area contributed by atoms with Crippen LogP contribution in [0, 0.1) is 0 Å². The molecule has 1 aromatic heterocycles. The van der Waals surface area contributed by atoms with Crippen LogP contribution in [0.1, 0.15) is 6.42 Å². The Morgan fingerprint density at radius 3 is 3.07 bits per heavy atom. The number of aromatic nitrogens is 2. The van der Waals surface area contributed by atoms with Gasteiger partial charge in [-0.15, -0.1) is 0 Å². The molecule has 6 heteroatoms. The highest BCUT2D eigenvalue weighted by Gasteiger charge is 2.29. The lowest BCUT2D eigenvalue weighted by Gasteiger charge is -2.11. The molecule has 80 valence electrons. The molecule has 0 bridgehead atoms. The summed E-state index contributed by atoms with van der Waals surface area (Å²) >= 11 is 0. The van der Waals surface area contributed by atoms with Gasteiger partial charge in [-0.25, -0.2) is 4.98 Å². The lowest BCUT2D eigenvalue weighted by molar-refractivity contribution is -0.127. The Hall–Kier alpha value is -1.85. The predicted octanol–water partition coefficient (Wildman–Crippen LogP) is -0.299. The summed E-state index contributed by atoms with van der Waals surface area (Å²) in [5, 5.41) is 2.97. The van der Waals surface area contributed by atoms with E-state index in [1.165, 1.54) is 0 Å². The smallest absolute Gasteiger partial charge is 0.244 e. The number of amides is 1. The number of carbonyl (C=O) groups excluding carboxylic acids is 1. The van der Waals surface area contributed by atoms with E-state index in [0.717, 1.165) is 13.0 Å². The fourth-order valence-corrected chi connectivity index (χ4v) is 1.55. The number of nitrogens with two attached hydrogens (primary N) is 1. The molecule has 3 N–H and O–H groups in total. The van der Waals surface area contributed by atoms with Crippen molar-refractivity contribution in [3.05, 3.63) is 12.3 Å². The van der Waals surface area contributed by atoms with Crippen LogP contribution < -0.4 is 11.1 Å². The van der Waals surface area contributed by atoms with Crippen LogP contribution in [0.25, 0.3) is 0 Å². The van der Waals surface area contributed by atoms with Crippen molar-refractivity contribution in [3.8, 4) is 0 Å². The molecule has 1 saturated heterocycles. The zero-order valence-corrected chi connectivity index (χ0v) is 8.47. The molecule has 6 nitrogen and oxygen atoms in total. The second kappa shape index (κ2) is 3.72. The van der Waals surface area contributed by atoms with Crippen LogP contribution in [0.4, 0.5) is 11.8 Å². The van der Waals surface area contributed by atoms with E-state index in [4.69, 9.17) is 5.73 Å². The molecule has 0 spiro atoms. The van der Waals surface area contributed by atoms with E-state index >= 15 is 0 Å².